The Labute approximate surface area is 152 Å². The van der Waals surface area contributed by atoms with Gasteiger partial charge in [-0.05, 0) is 44.2 Å². The Hall–Kier alpha value is -1.66. The molecule has 0 spiro atoms. The Kier molecular flexibility index (Phi) is 3.70. The molecule has 3 fully saturated rings. The highest BCUT2D eigenvalue weighted by molar-refractivity contribution is 5.95. The summed E-state index contributed by atoms with van der Waals surface area (Å²) < 4.78 is 10.6. The number of aliphatic hydroxyl groups is 2. The molecule has 0 bridgehead atoms. The summed E-state index contributed by atoms with van der Waals surface area (Å²) in [6, 6.07) is 1.85. The molecule has 6 nitrogen and oxygen atoms in total. The number of esters is 1. The predicted octanol–water partition coefficient (Wildman–Crippen LogP) is 1.87. The topological polar surface area (TPSA) is 97.0 Å². The Morgan fingerprint density at radius 3 is 2.69 bits per heavy atom. The van der Waals surface area contributed by atoms with Crippen LogP contribution in [0, 0.1) is 22.7 Å². The molecule has 1 aromatic heterocycles. The van der Waals surface area contributed by atoms with E-state index in [2.05, 4.69) is 0 Å². The van der Waals surface area contributed by atoms with Crippen LogP contribution in [-0.4, -0.2) is 39.8 Å². The van der Waals surface area contributed by atoms with Crippen molar-refractivity contribution in [1.82, 2.24) is 0 Å². The summed E-state index contributed by atoms with van der Waals surface area (Å²) in [5, 5.41) is 22.4. The van der Waals surface area contributed by atoms with E-state index in [1.54, 1.807) is 26.4 Å². The molecule has 2 aliphatic carbocycles. The van der Waals surface area contributed by atoms with Crippen LogP contribution in [0.2, 0.25) is 0 Å². The van der Waals surface area contributed by atoms with Gasteiger partial charge in [-0.3, -0.25) is 9.59 Å². The zero-order valence-corrected chi connectivity index (χ0v) is 15.4. The fraction of sp³-hybridized carbons (Fsp3) is 0.700. The largest absolute Gasteiger partial charge is 0.472 e. The number of hydrogen-bond donors (Lipinski definition) is 2. The van der Waals surface area contributed by atoms with Gasteiger partial charge in [0.05, 0.1) is 29.6 Å². The third-order valence-corrected chi connectivity index (χ3v) is 7.73. The van der Waals surface area contributed by atoms with E-state index in [0.717, 1.165) is 5.56 Å². The Morgan fingerprint density at radius 1 is 1.31 bits per heavy atom. The van der Waals surface area contributed by atoms with Crippen molar-refractivity contribution in [3.05, 3.63) is 24.2 Å². The van der Waals surface area contributed by atoms with Crippen molar-refractivity contribution in [2.24, 2.45) is 22.7 Å². The van der Waals surface area contributed by atoms with Crippen LogP contribution >= 0.6 is 0 Å². The van der Waals surface area contributed by atoms with E-state index in [1.807, 2.05) is 13.0 Å². The highest BCUT2D eigenvalue weighted by atomic mass is 16.6. The van der Waals surface area contributed by atoms with E-state index >= 15 is 0 Å². The average Bonchev–Trinajstić information content (AvgIpc) is 3.22. The van der Waals surface area contributed by atoms with Crippen molar-refractivity contribution in [1.29, 1.82) is 0 Å². The zero-order valence-electron chi connectivity index (χ0n) is 15.4. The SMILES string of the molecule is C[C@@H]1C(=O)[C@H]2OC(=O)[C@@]3(C)[C@@H](O)CC[C@@](C)([C@@H]23)[C@@]1(O)CCc1ccoc1. The molecular formula is C20H26O6. The minimum atomic E-state index is -1.28. The monoisotopic (exact) mass is 362 g/mol. The van der Waals surface area contributed by atoms with Gasteiger partial charge in [0.2, 0.25) is 0 Å². The predicted molar refractivity (Wildman–Crippen MR) is 91.0 cm³/mol. The molecule has 2 saturated carbocycles. The second-order valence-corrected chi connectivity index (χ2v) is 8.74. The van der Waals surface area contributed by atoms with E-state index in [4.69, 9.17) is 9.15 Å². The van der Waals surface area contributed by atoms with Crippen molar-refractivity contribution in [2.75, 3.05) is 0 Å². The molecule has 1 saturated heterocycles. The normalized spacial score (nSPS) is 47.6. The fourth-order valence-electron chi connectivity index (χ4n) is 5.94. The first-order valence-corrected chi connectivity index (χ1v) is 9.32. The maximum atomic E-state index is 13.0. The summed E-state index contributed by atoms with van der Waals surface area (Å²) in [7, 11) is 0. The lowest BCUT2D eigenvalue weighted by molar-refractivity contribution is -0.225. The zero-order chi connectivity index (χ0) is 18.9. The first kappa shape index (κ1) is 17.7. The van der Waals surface area contributed by atoms with Crippen molar-refractivity contribution in [3.63, 3.8) is 0 Å². The third-order valence-electron chi connectivity index (χ3n) is 7.73. The van der Waals surface area contributed by atoms with Crippen molar-refractivity contribution in [3.8, 4) is 0 Å². The molecule has 0 amide bonds. The molecule has 142 valence electrons. The highest BCUT2D eigenvalue weighted by Gasteiger charge is 2.75. The van der Waals surface area contributed by atoms with E-state index in [0.29, 0.717) is 25.7 Å². The molecule has 1 aliphatic heterocycles. The highest BCUT2D eigenvalue weighted by Crippen LogP contribution is 2.66. The van der Waals surface area contributed by atoms with Crippen LogP contribution in [-0.2, 0) is 20.7 Å². The number of carbonyl (C=O) groups is 2. The van der Waals surface area contributed by atoms with Gasteiger partial charge in [0.25, 0.3) is 0 Å². The maximum absolute atomic E-state index is 13.0. The number of Topliss-reactive ketones (excluding diaryl/α,β-unsaturated/α-hetero) is 1. The van der Waals surface area contributed by atoms with Gasteiger partial charge in [0, 0.05) is 17.3 Å². The Bertz CT molecular complexity index is 741. The van der Waals surface area contributed by atoms with Gasteiger partial charge in [-0.1, -0.05) is 13.8 Å². The van der Waals surface area contributed by atoms with E-state index in [9.17, 15) is 19.8 Å². The summed E-state index contributed by atoms with van der Waals surface area (Å²) in [4.78, 5) is 25.6. The van der Waals surface area contributed by atoms with E-state index < -0.39 is 46.4 Å². The standard InChI is InChI=1S/C20H26O6/c1-11-14(22)15-16-18(2,7-5-13(21)19(16,3)17(23)26-15)20(11,24)8-4-12-6-9-25-10-12/h6,9-11,13,15-16,21,24H,4-5,7-8H2,1-3H3/t11-,13+,15-,16-,18+,19+,20-/m1/s1. The third kappa shape index (κ3) is 1.94. The van der Waals surface area contributed by atoms with Crippen LogP contribution < -0.4 is 0 Å². The lowest BCUT2D eigenvalue weighted by Gasteiger charge is -2.61. The van der Waals surface area contributed by atoms with Gasteiger partial charge >= 0.3 is 5.97 Å². The number of aliphatic hydroxyl groups excluding tert-OH is 1. The summed E-state index contributed by atoms with van der Waals surface area (Å²) >= 11 is 0. The van der Waals surface area contributed by atoms with E-state index in [-0.39, 0.29) is 5.78 Å². The van der Waals surface area contributed by atoms with Gasteiger partial charge in [0.15, 0.2) is 11.9 Å². The minimum Gasteiger partial charge on any atom is -0.472 e. The van der Waals surface area contributed by atoms with Crippen LogP contribution in [0.15, 0.2) is 23.0 Å². The van der Waals surface area contributed by atoms with E-state index in [1.165, 1.54) is 0 Å². The summed E-state index contributed by atoms with van der Waals surface area (Å²) in [6.45, 7) is 5.37. The average molecular weight is 362 g/mol. The first-order valence-electron chi connectivity index (χ1n) is 9.32. The molecule has 1 aromatic rings. The summed E-state index contributed by atoms with van der Waals surface area (Å²) in [5.41, 5.74) is -2.18. The van der Waals surface area contributed by atoms with Gasteiger partial charge in [-0.25, -0.2) is 0 Å². The summed E-state index contributed by atoms with van der Waals surface area (Å²) in [6.07, 6.45) is 3.39. The molecule has 26 heavy (non-hydrogen) atoms. The number of rotatable bonds is 3. The quantitative estimate of drug-likeness (QED) is 0.797. The minimum absolute atomic E-state index is 0.242. The number of carbonyl (C=O) groups excluding carboxylic acids is 2. The molecule has 2 heterocycles. The lowest BCUT2D eigenvalue weighted by atomic mass is 9.43. The van der Waals surface area contributed by atoms with Gasteiger partial charge < -0.3 is 19.4 Å². The van der Waals surface area contributed by atoms with Gasteiger partial charge in [-0.2, -0.15) is 0 Å². The molecule has 4 rings (SSSR count). The van der Waals surface area contributed by atoms with Crippen molar-refractivity contribution >= 4 is 11.8 Å². The van der Waals surface area contributed by atoms with Crippen LogP contribution in [0.3, 0.4) is 0 Å². The molecule has 0 radical (unpaired) electrons. The van der Waals surface area contributed by atoms with Crippen LogP contribution in [0.5, 0.6) is 0 Å². The second kappa shape index (κ2) is 5.42. The molecule has 0 aromatic carbocycles. The second-order valence-electron chi connectivity index (χ2n) is 8.74. The number of ketones is 1. The smallest absolute Gasteiger partial charge is 0.315 e. The number of ether oxygens (including phenoxy) is 1. The van der Waals surface area contributed by atoms with Gasteiger partial charge in [0.1, 0.15) is 0 Å². The Balaban J connectivity index is 1.78. The Morgan fingerprint density at radius 2 is 2.04 bits per heavy atom. The fourth-order valence-corrected chi connectivity index (χ4v) is 5.94. The maximum Gasteiger partial charge on any atom is 0.315 e. The number of hydrogen-bond acceptors (Lipinski definition) is 6. The molecule has 2 N–H and O–H groups in total. The number of aryl methyl sites for hydroxylation is 1. The molecule has 3 aliphatic rings. The lowest BCUT2D eigenvalue weighted by Crippen LogP contribution is -2.70. The van der Waals surface area contributed by atoms with Crippen molar-refractivity contribution in [2.45, 2.75) is 64.3 Å². The molecule has 0 unspecified atom stereocenters. The molecular weight excluding hydrogens is 336 g/mol. The van der Waals surface area contributed by atoms with Crippen LogP contribution in [0.4, 0.5) is 0 Å². The molecule has 7 atom stereocenters. The van der Waals surface area contributed by atoms with Gasteiger partial charge in [-0.15, -0.1) is 0 Å². The number of furan rings is 1. The van der Waals surface area contributed by atoms with Crippen LogP contribution in [0.25, 0.3) is 0 Å². The first-order chi connectivity index (χ1) is 12.2. The van der Waals surface area contributed by atoms with Crippen LogP contribution in [0.1, 0.15) is 45.6 Å². The molecule has 6 heteroatoms. The van der Waals surface area contributed by atoms with Crippen molar-refractivity contribution < 1.29 is 29.0 Å². The summed E-state index contributed by atoms with van der Waals surface area (Å²) in [5.74, 6) is -1.94.